The number of ketones is 1. The summed E-state index contributed by atoms with van der Waals surface area (Å²) in [6.45, 7) is 2.70. The molecule has 56 valence electrons. The van der Waals surface area contributed by atoms with Crippen LogP contribution in [0.2, 0.25) is 0 Å². The molecule has 0 aromatic rings. The van der Waals surface area contributed by atoms with E-state index < -0.39 is 0 Å². The summed E-state index contributed by atoms with van der Waals surface area (Å²) in [4.78, 5) is 9.98. The van der Waals surface area contributed by atoms with E-state index in [-0.39, 0.29) is 52.1 Å². The second-order valence-electron chi connectivity index (χ2n) is 1.37. The third-order valence-corrected chi connectivity index (χ3v) is 0.407. The third kappa shape index (κ3) is 24.2. The SMILES string of the molecule is CC(=O)/C=C(/C)[O-].O.O.[Na+]. The summed E-state index contributed by atoms with van der Waals surface area (Å²) in [5, 5.41) is 9.98. The first-order chi connectivity index (χ1) is 3.13. The van der Waals surface area contributed by atoms with Gasteiger partial charge in [-0.1, -0.05) is 6.92 Å². The number of carbonyl (C=O) groups is 1. The molecule has 0 fully saturated rings. The van der Waals surface area contributed by atoms with Crippen molar-refractivity contribution < 1.29 is 50.4 Å². The van der Waals surface area contributed by atoms with Crippen molar-refractivity contribution in [3.63, 3.8) is 0 Å². The predicted octanol–water partition coefficient (Wildman–Crippen LogP) is -4.81. The monoisotopic (exact) mass is 158 g/mol. The Morgan fingerprint density at radius 3 is 1.60 bits per heavy atom. The van der Waals surface area contributed by atoms with E-state index in [1.807, 2.05) is 0 Å². The summed E-state index contributed by atoms with van der Waals surface area (Å²) >= 11 is 0. The van der Waals surface area contributed by atoms with Gasteiger partial charge in [0.25, 0.3) is 0 Å². The topological polar surface area (TPSA) is 103 Å². The van der Waals surface area contributed by atoms with Crippen molar-refractivity contribution in [1.29, 1.82) is 0 Å². The fourth-order valence-corrected chi connectivity index (χ4v) is 0.286. The zero-order chi connectivity index (χ0) is 5.86. The van der Waals surface area contributed by atoms with Gasteiger partial charge in [0.15, 0.2) is 5.78 Å². The molecule has 0 rings (SSSR count). The molecule has 10 heavy (non-hydrogen) atoms. The molecule has 0 aliphatic heterocycles. The summed E-state index contributed by atoms with van der Waals surface area (Å²) in [5.41, 5.74) is 0. The maximum Gasteiger partial charge on any atom is 1.00 e. The molecule has 4 nitrogen and oxygen atoms in total. The minimum atomic E-state index is -0.187. The van der Waals surface area contributed by atoms with E-state index in [0.717, 1.165) is 6.08 Å². The van der Waals surface area contributed by atoms with Crippen molar-refractivity contribution in [1.82, 2.24) is 0 Å². The predicted molar refractivity (Wildman–Crippen MR) is 31.7 cm³/mol. The largest absolute Gasteiger partial charge is 1.00 e. The molecule has 0 heterocycles. The van der Waals surface area contributed by atoms with Crippen molar-refractivity contribution in [3.8, 4) is 0 Å². The normalized spacial score (nSPS) is 8.00. The Kier molecular flexibility index (Phi) is 26.7. The minimum absolute atomic E-state index is 0. The van der Waals surface area contributed by atoms with Crippen LogP contribution in [-0.2, 0) is 4.79 Å². The standard InChI is InChI=1S/C5H8O2.Na.2H2O/c1-4(6)3-5(2)7;;;/h3,6H,1-2H3;;2*1H2/q;+1;;/p-1/b4-3-;;;. The van der Waals surface area contributed by atoms with E-state index in [2.05, 4.69) is 0 Å². The second-order valence-corrected chi connectivity index (χ2v) is 1.37. The van der Waals surface area contributed by atoms with Gasteiger partial charge in [0.2, 0.25) is 0 Å². The molecular weight excluding hydrogens is 147 g/mol. The Balaban J connectivity index is -0.0000000600. The van der Waals surface area contributed by atoms with E-state index in [4.69, 9.17) is 0 Å². The number of allylic oxidation sites excluding steroid dienone is 2. The van der Waals surface area contributed by atoms with Crippen LogP contribution in [0.5, 0.6) is 0 Å². The molecule has 0 aromatic heterocycles. The Morgan fingerprint density at radius 1 is 1.30 bits per heavy atom. The molecule has 0 amide bonds. The average molecular weight is 158 g/mol. The van der Waals surface area contributed by atoms with Crippen LogP contribution in [0.3, 0.4) is 0 Å². The molecule has 0 radical (unpaired) electrons. The number of carbonyl (C=O) groups excluding carboxylic acids is 1. The van der Waals surface area contributed by atoms with Gasteiger partial charge < -0.3 is 16.1 Å². The summed E-state index contributed by atoms with van der Waals surface area (Å²) < 4.78 is 0. The van der Waals surface area contributed by atoms with Crippen LogP contribution in [-0.4, -0.2) is 16.7 Å². The van der Waals surface area contributed by atoms with Gasteiger partial charge in [-0.2, -0.15) is 0 Å². The van der Waals surface area contributed by atoms with Gasteiger partial charge in [0, 0.05) is 0 Å². The van der Waals surface area contributed by atoms with E-state index in [9.17, 15) is 9.90 Å². The Hall–Kier alpha value is 0.130. The van der Waals surface area contributed by atoms with Gasteiger partial charge in [0.05, 0.1) is 0 Å². The van der Waals surface area contributed by atoms with Gasteiger partial charge in [-0.3, -0.25) is 4.79 Å². The molecule has 0 aliphatic carbocycles. The van der Waals surface area contributed by atoms with E-state index in [1.165, 1.54) is 13.8 Å². The summed E-state index contributed by atoms with van der Waals surface area (Å²) in [6.07, 6.45) is 1.06. The van der Waals surface area contributed by atoms with Gasteiger partial charge in [0.1, 0.15) is 0 Å². The summed E-state index contributed by atoms with van der Waals surface area (Å²) in [6, 6.07) is 0. The number of rotatable bonds is 1. The van der Waals surface area contributed by atoms with Crippen LogP contribution < -0.4 is 34.7 Å². The van der Waals surface area contributed by atoms with Crippen molar-refractivity contribution in [2.45, 2.75) is 13.8 Å². The third-order valence-electron chi connectivity index (χ3n) is 0.407. The second kappa shape index (κ2) is 11.9. The maximum atomic E-state index is 9.98. The van der Waals surface area contributed by atoms with Gasteiger partial charge >= 0.3 is 29.6 Å². The van der Waals surface area contributed by atoms with Crippen LogP contribution in [0.25, 0.3) is 0 Å². The molecule has 0 atom stereocenters. The van der Waals surface area contributed by atoms with Crippen LogP contribution in [0.15, 0.2) is 11.8 Å². The fourth-order valence-electron chi connectivity index (χ4n) is 0.286. The van der Waals surface area contributed by atoms with Crippen LogP contribution in [0.1, 0.15) is 13.8 Å². The van der Waals surface area contributed by atoms with E-state index >= 15 is 0 Å². The molecule has 0 spiro atoms. The molecule has 0 saturated carbocycles. The first-order valence-corrected chi connectivity index (χ1v) is 1.99. The van der Waals surface area contributed by atoms with Crippen LogP contribution in [0, 0.1) is 0 Å². The van der Waals surface area contributed by atoms with Crippen molar-refractivity contribution in [2.75, 3.05) is 0 Å². The Labute approximate surface area is 81.8 Å². The van der Waals surface area contributed by atoms with Crippen molar-refractivity contribution in [3.05, 3.63) is 11.8 Å². The molecular formula is C5H11NaO4. The van der Waals surface area contributed by atoms with Crippen molar-refractivity contribution in [2.24, 2.45) is 0 Å². The average Bonchev–Trinajstić information content (AvgIpc) is 1.27. The van der Waals surface area contributed by atoms with Gasteiger partial charge in [-0.15, -0.1) is 5.76 Å². The molecule has 0 aliphatic rings. The first kappa shape index (κ1) is 22.5. The summed E-state index contributed by atoms with van der Waals surface area (Å²) in [7, 11) is 0. The smallest absolute Gasteiger partial charge is 0.876 e. The molecule has 0 bridgehead atoms. The molecule has 5 heteroatoms. The van der Waals surface area contributed by atoms with Gasteiger partial charge in [-0.25, -0.2) is 0 Å². The summed E-state index contributed by atoms with van der Waals surface area (Å²) in [5.74, 6) is -0.375. The minimum Gasteiger partial charge on any atom is -0.876 e. The van der Waals surface area contributed by atoms with Crippen molar-refractivity contribution >= 4 is 5.78 Å². The number of hydrogen-bond donors (Lipinski definition) is 0. The maximum absolute atomic E-state index is 9.98. The first-order valence-electron chi connectivity index (χ1n) is 1.99. The molecule has 0 unspecified atom stereocenters. The molecule has 4 N–H and O–H groups in total. The number of hydrogen-bond acceptors (Lipinski definition) is 2. The van der Waals surface area contributed by atoms with Crippen LogP contribution >= 0.6 is 0 Å². The molecule has 0 saturated heterocycles. The van der Waals surface area contributed by atoms with E-state index in [1.54, 1.807) is 0 Å². The fraction of sp³-hybridized carbons (Fsp3) is 0.400. The zero-order valence-corrected chi connectivity index (χ0v) is 8.39. The Bertz CT molecular complexity index is 106. The van der Waals surface area contributed by atoms with E-state index in [0.29, 0.717) is 0 Å². The van der Waals surface area contributed by atoms with Crippen LogP contribution in [0.4, 0.5) is 0 Å². The Morgan fingerprint density at radius 2 is 1.60 bits per heavy atom. The quantitative estimate of drug-likeness (QED) is 0.217. The van der Waals surface area contributed by atoms with Gasteiger partial charge in [-0.05, 0) is 13.0 Å². The zero-order valence-electron chi connectivity index (χ0n) is 6.39. The molecule has 0 aromatic carbocycles.